The first-order valence-corrected chi connectivity index (χ1v) is 9.43. The van der Waals surface area contributed by atoms with Gasteiger partial charge in [-0.15, -0.1) is 0 Å². The van der Waals surface area contributed by atoms with Crippen molar-refractivity contribution in [1.29, 1.82) is 5.26 Å². The molecule has 126 valence electrons. The van der Waals surface area contributed by atoms with Gasteiger partial charge in [0.2, 0.25) is 0 Å². The van der Waals surface area contributed by atoms with E-state index < -0.39 is 0 Å². The molecular formula is C21H31NO. The topological polar surface area (TPSA) is 33.0 Å². The van der Waals surface area contributed by atoms with E-state index in [1.165, 1.54) is 44.1 Å². The van der Waals surface area contributed by atoms with Crippen LogP contribution in [0.5, 0.6) is 5.75 Å². The van der Waals surface area contributed by atoms with E-state index in [0.29, 0.717) is 5.92 Å². The smallest absolute Gasteiger partial charge is 0.119 e. The lowest BCUT2D eigenvalue weighted by molar-refractivity contribution is 0.299. The number of nitrogens with zero attached hydrogens (tertiary/aromatic N) is 1. The van der Waals surface area contributed by atoms with Crippen LogP contribution < -0.4 is 4.74 Å². The van der Waals surface area contributed by atoms with Crippen molar-refractivity contribution in [3.8, 4) is 11.8 Å². The largest absolute Gasteiger partial charge is 0.494 e. The van der Waals surface area contributed by atoms with Gasteiger partial charge >= 0.3 is 0 Å². The zero-order valence-electron chi connectivity index (χ0n) is 14.6. The van der Waals surface area contributed by atoms with E-state index in [4.69, 9.17) is 10.00 Å². The lowest BCUT2D eigenvalue weighted by Gasteiger charge is -2.24. The first kappa shape index (κ1) is 17.9. The van der Waals surface area contributed by atoms with Crippen LogP contribution in [0, 0.1) is 23.2 Å². The number of rotatable bonds is 9. The summed E-state index contributed by atoms with van der Waals surface area (Å²) in [7, 11) is 0. The second-order valence-electron chi connectivity index (χ2n) is 6.94. The Morgan fingerprint density at radius 2 is 1.78 bits per heavy atom. The molecule has 1 fully saturated rings. The number of unbranched alkanes of at least 4 members (excludes halogenated alkanes) is 3. The van der Waals surface area contributed by atoms with Crippen molar-refractivity contribution >= 4 is 0 Å². The lowest BCUT2D eigenvalue weighted by Crippen LogP contribution is -2.13. The van der Waals surface area contributed by atoms with Crippen LogP contribution in [-0.4, -0.2) is 6.61 Å². The number of nitriles is 1. The molecule has 1 aromatic rings. The highest BCUT2D eigenvalue weighted by atomic mass is 16.5. The Kier molecular flexibility index (Phi) is 8.01. The van der Waals surface area contributed by atoms with Crippen LogP contribution in [0.25, 0.3) is 0 Å². The first-order valence-electron chi connectivity index (χ1n) is 9.43. The van der Waals surface area contributed by atoms with E-state index in [-0.39, 0.29) is 0 Å². The summed E-state index contributed by atoms with van der Waals surface area (Å²) in [4.78, 5) is 0. The number of hydrogen-bond acceptors (Lipinski definition) is 2. The van der Waals surface area contributed by atoms with Crippen LogP contribution in [0.15, 0.2) is 24.3 Å². The normalized spacial score (nSPS) is 20.9. The second kappa shape index (κ2) is 10.3. The van der Waals surface area contributed by atoms with Gasteiger partial charge in [0.15, 0.2) is 0 Å². The molecule has 0 unspecified atom stereocenters. The summed E-state index contributed by atoms with van der Waals surface area (Å²) in [6.45, 7) is 3.07. The molecule has 23 heavy (non-hydrogen) atoms. The summed E-state index contributed by atoms with van der Waals surface area (Å²) >= 11 is 0. The Morgan fingerprint density at radius 1 is 1.04 bits per heavy atom. The fourth-order valence-electron chi connectivity index (χ4n) is 3.42. The third-order valence-electron chi connectivity index (χ3n) is 5.06. The zero-order chi connectivity index (χ0) is 16.3. The average molecular weight is 313 g/mol. The van der Waals surface area contributed by atoms with Crippen LogP contribution in [0.2, 0.25) is 0 Å². The minimum atomic E-state index is 0.319. The van der Waals surface area contributed by atoms with E-state index in [0.717, 1.165) is 44.0 Å². The molecule has 2 heteroatoms. The van der Waals surface area contributed by atoms with Crippen molar-refractivity contribution in [2.75, 3.05) is 6.61 Å². The third-order valence-corrected chi connectivity index (χ3v) is 5.06. The van der Waals surface area contributed by atoms with Gasteiger partial charge in [0.25, 0.3) is 0 Å². The molecule has 0 amide bonds. The Labute approximate surface area is 141 Å². The summed E-state index contributed by atoms with van der Waals surface area (Å²) < 4.78 is 5.80. The molecule has 0 aliphatic heterocycles. The Balaban J connectivity index is 1.64. The van der Waals surface area contributed by atoms with E-state index in [1.807, 2.05) is 0 Å². The zero-order valence-corrected chi connectivity index (χ0v) is 14.6. The predicted octanol–water partition coefficient (Wildman–Crippen LogP) is 5.91. The number of hydrogen-bond donors (Lipinski definition) is 0. The van der Waals surface area contributed by atoms with Gasteiger partial charge in [-0.1, -0.05) is 38.3 Å². The molecule has 2 nitrogen and oxygen atoms in total. The molecule has 1 aliphatic carbocycles. The highest BCUT2D eigenvalue weighted by Gasteiger charge is 2.20. The maximum atomic E-state index is 8.95. The summed E-state index contributed by atoms with van der Waals surface area (Å²) in [6.07, 6.45) is 12.1. The summed E-state index contributed by atoms with van der Waals surface area (Å²) in [5, 5.41) is 8.95. The van der Waals surface area contributed by atoms with Crippen molar-refractivity contribution in [3.05, 3.63) is 29.8 Å². The van der Waals surface area contributed by atoms with E-state index >= 15 is 0 Å². The Morgan fingerprint density at radius 3 is 2.43 bits per heavy atom. The highest BCUT2D eigenvalue weighted by Crippen LogP contribution is 2.31. The van der Waals surface area contributed by atoms with Crippen molar-refractivity contribution in [3.63, 3.8) is 0 Å². The van der Waals surface area contributed by atoms with Gasteiger partial charge in [0.05, 0.1) is 12.7 Å². The van der Waals surface area contributed by atoms with E-state index in [1.54, 1.807) is 0 Å². The number of benzene rings is 1. The molecule has 0 saturated heterocycles. The minimum absolute atomic E-state index is 0.319. The van der Waals surface area contributed by atoms with E-state index in [2.05, 4.69) is 37.3 Å². The molecular weight excluding hydrogens is 282 g/mol. The van der Waals surface area contributed by atoms with Gasteiger partial charge in [0.1, 0.15) is 5.75 Å². The molecule has 1 aliphatic rings. The summed E-state index contributed by atoms with van der Waals surface area (Å²) in [6, 6.07) is 11.1. The SMILES string of the molecule is CCCCCCOc1ccc(CC[C@H]2CC[C@H](C#N)CC2)cc1. The quantitative estimate of drug-likeness (QED) is 0.531. The number of ether oxygens (including phenoxy) is 1. The van der Waals surface area contributed by atoms with Crippen LogP contribution in [0.1, 0.15) is 70.3 Å². The van der Waals surface area contributed by atoms with Crippen molar-refractivity contribution in [1.82, 2.24) is 0 Å². The summed E-state index contributed by atoms with van der Waals surface area (Å²) in [5.41, 5.74) is 1.41. The fourth-order valence-corrected chi connectivity index (χ4v) is 3.42. The van der Waals surface area contributed by atoms with E-state index in [9.17, 15) is 0 Å². The van der Waals surface area contributed by atoms with Gasteiger partial charge in [-0.2, -0.15) is 5.26 Å². The average Bonchev–Trinajstić information content (AvgIpc) is 2.61. The standard InChI is InChI=1S/C21H31NO/c1-2-3-4-5-16-23-21-14-12-19(13-15-21)7-6-18-8-10-20(17-22)11-9-18/h12-15,18,20H,2-11,16H2,1H3/t18-,20-. The van der Waals surface area contributed by atoms with Crippen LogP contribution in [0.4, 0.5) is 0 Å². The molecule has 1 saturated carbocycles. The minimum Gasteiger partial charge on any atom is -0.494 e. The second-order valence-corrected chi connectivity index (χ2v) is 6.94. The fraction of sp³-hybridized carbons (Fsp3) is 0.667. The molecule has 0 aromatic heterocycles. The predicted molar refractivity (Wildman–Crippen MR) is 95.5 cm³/mol. The van der Waals surface area contributed by atoms with Crippen LogP contribution in [-0.2, 0) is 6.42 Å². The van der Waals surface area contributed by atoms with Gasteiger partial charge in [-0.3, -0.25) is 0 Å². The van der Waals surface area contributed by atoms with Gasteiger partial charge in [-0.05, 0) is 68.6 Å². The van der Waals surface area contributed by atoms with Crippen molar-refractivity contribution < 1.29 is 4.74 Å². The summed E-state index contributed by atoms with van der Waals surface area (Å²) in [5.74, 6) is 2.13. The van der Waals surface area contributed by atoms with Gasteiger partial charge in [0, 0.05) is 5.92 Å². The molecule has 0 spiro atoms. The first-order chi connectivity index (χ1) is 11.3. The maximum absolute atomic E-state index is 8.95. The highest BCUT2D eigenvalue weighted by molar-refractivity contribution is 5.27. The molecule has 0 N–H and O–H groups in total. The van der Waals surface area contributed by atoms with Crippen molar-refractivity contribution in [2.24, 2.45) is 11.8 Å². The van der Waals surface area contributed by atoms with Gasteiger partial charge in [-0.25, -0.2) is 0 Å². The Hall–Kier alpha value is -1.49. The maximum Gasteiger partial charge on any atom is 0.119 e. The molecule has 2 rings (SSSR count). The van der Waals surface area contributed by atoms with Gasteiger partial charge < -0.3 is 4.74 Å². The third kappa shape index (κ3) is 6.65. The molecule has 1 aromatic carbocycles. The van der Waals surface area contributed by atoms with Crippen LogP contribution >= 0.6 is 0 Å². The lowest BCUT2D eigenvalue weighted by atomic mass is 9.80. The van der Waals surface area contributed by atoms with Crippen molar-refractivity contribution in [2.45, 2.75) is 71.1 Å². The molecule has 0 bridgehead atoms. The van der Waals surface area contributed by atoms with Crippen LogP contribution in [0.3, 0.4) is 0 Å². The molecule has 0 atom stereocenters. The monoisotopic (exact) mass is 313 g/mol. The molecule has 0 radical (unpaired) electrons. The molecule has 0 heterocycles. The number of aryl methyl sites for hydroxylation is 1. The Bertz CT molecular complexity index is 466.